The second-order valence-electron chi connectivity index (χ2n) is 9.41. The van der Waals surface area contributed by atoms with Gasteiger partial charge in [-0.05, 0) is 63.5 Å². The minimum Gasteiger partial charge on any atom is -0.462 e. The molecule has 7 nitrogen and oxygen atoms in total. The van der Waals surface area contributed by atoms with E-state index < -0.39 is 5.97 Å². The van der Waals surface area contributed by atoms with Crippen LogP contribution in [0.25, 0.3) is 11.3 Å². The number of hydrogen-bond acceptors (Lipinski definition) is 6. The second kappa shape index (κ2) is 11.9. The second-order valence-corrected chi connectivity index (χ2v) is 9.41. The highest BCUT2D eigenvalue weighted by Gasteiger charge is 2.29. The fourth-order valence-electron chi connectivity index (χ4n) is 4.25. The average molecular weight is 499 g/mol. The van der Waals surface area contributed by atoms with E-state index in [2.05, 4.69) is 53.7 Å². The van der Waals surface area contributed by atoms with Gasteiger partial charge in [0.15, 0.2) is 0 Å². The zero-order valence-electron chi connectivity index (χ0n) is 21.9. The van der Waals surface area contributed by atoms with Crippen molar-refractivity contribution in [3.63, 3.8) is 0 Å². The molecule has 7 heteroatoms. The fraction of sp³-hybridized carbons (Fsp3) is 0.267. The molecule has 2 N–H and O–H groups in total. The molecule has 0 aliphatic carbocycles. The molecular weight excluding hydrogens is 464 g/mol. The van der Waals surface area contributed by atoms with Gasteiger partial charge in [0.05, 0.1) is 29.1 Å². The molecule has 1 heterocycles. The van der Waals surface area contributed by atoms with Gasteiger partial charge >= 0.3 is 5.97 Å². The van der Waals surface area contributed by atoms with Crippen LogP contribution in [0, 0.1) is 0 Å². The number of hydrogen-bond donors (Lipinski definition) is 2. The zero-order chi connectivity index (χ0) is 26.4. The van der Waals surface area contributed by atoms with Gasteiger partial charge < -0.3 is 25.2 Å². The van der Waals surface area contributed by atoms with E-state index in [-0.39, 0.29) is 5.91 Å². The van der Waals surface area contributed by atoms with E-state index >= 15 is 0 Å². The molecule has 3 aromatic rings. The molecule has 1 aliphatic heterocycles. The lowest BCUT2D eigenvalue weighted by atomic mass is 9.99. The highest BCUT2D eigenvalue weighted by molar-refractivity contribution is 6.37. The van der Waals surface area contributed by atoms with Crippen molar-refractivity contribution in [2.75, 3.05) is 51.5 Å². The predicted molar refractivity (Wildman–Crippen MR) is 149 cm³/mol. The Morgan fingerprint density at radius 1 is 0.919 bits per heavy atom. The third-order valence-electron chi connectivity index (χ3n) is 6.19. The van der Waals surface area contributed by atoms with E-state index in [1.807, 2.05) is 42.5 Å². The summed E-state index contributed by atoms with van der Waals surface area (Å²) in [5.41, 5.74) is 5.97. The van der Waals surface area contributed by atoms with Crippen LogP contribution in [0.1, 0.15) is 34.0 Å². The topological polar surface area (TPSA) is 73.9 Å². The van der Waals surface area contributed by atoms with Crippen LogP contribution in [0.3, 0.4) is 0 Å². The van der Waals surface area contributed by atoms with Gasteiger partial charge in [-0.2, -0.15) is 0 Å². The minimum atomic E-state index is -0.411. The minimum absolute atomic E-state index is 0.221. The Morgan fingerprint density at radius 3 is 2.32 bits per heavy atom. The molecule has 0 atom stereocenters. The summed E-state index contributed by atoms with van der Waals surface area (Å²) < 4.78 is 5.11. The van der Waals surface area contributed by atoms with Crippen molar-refractivity contribution < 1.29 is 14.3 Å². The summed E-state index contributed by atoms with van der Waals surface area (Å²) in [6.45, 7) is 4.92. The standard InChI is InChI=1S/C30H34N4O3/c1-5-37-30(36)23-13-16-25-26(19-23)32-29(35)27(25)28(22-9-7-6-8-10-22)31-24-14-11-21(12-15-24)20-34(4)18-17-33(2)3/h6-16,19,31H,5,17-18,20H2,1-4H3,(H,32,35)/b28-27-. The third-order valence-corrected chi connectivity index (χ3v) is 6.19. The van der Waals surface area contributed by atoms with Gasteiger partial charge in [0.2, 0.25) is 0 Å². The molecule has 3 aromatic carbocycles. The van der Waals surface area contributed by atoms with Crippen molar-refractivity contribution in [2.24, 2.45) is 0 Å². The summed E-state index contributed by atoms with van der Waals surface area (Å²) in [5, 5.41) is 6.41. The molecule has 0 saturated heterocycles. The van der Waals surface area contributed by atoms with E-state index in [1.54, 1.807) is 25.1 Å². The number of carbonyl (C=O) groups is 2. The Hall–Kier alpha value is -3.94. The third kappa shape index (κ3) is 6.44. The van der Waals surface area contributed by atoms with Crippen molar-refractivity contribution in [2.45, 2.75) is 13.5 Å². The monoisotopic (exact) mass is 498 g/mol. The normalized spacial score (nSPS) is 13.9. The lowest BCUT2D eigenvalue weighted by molar-refractivity contribution is -0.110. The molecule has 0 unspecified atom stereocenters. The summed E-state index contributed by atoms with van der Waals surface area (Å²) in [7, 11) is 6.28. The van der Waals surface area contributed by atoms with Gasteiger partial charge in [-0.25, -0.2) is 4.79 Å². The highest BCUT2D eigenvalue weighted by Crippen LogP contribution is 2.38. The number of esters is 1. The van der Waals surface area contributed by atoms with Crippen LogP contribution < -0.4 is 10.6 Å². The summed E-state index contributed by atoms with van der Waals surface area (Å²) in [5.74, 6) is -0.632. The maximum Gasteiger partial charge on any atom is 0.338 e. The van der Waals surface area contributed by atoms with Crippen LogP contribution in [0.5, 0.6) is 0 Å². The number of benzene rings is 3. The summed E-state index contributed by atoms with van der Waals surface area (Å²) >= 11 is 0. The number of anilines is 2. The van der Waals surface area contributed by atoms with Gasteiger partial charge in [-0.15, -0.1) is 0 Å². The smallest absolute Gasteiger partial charge is 0.338 e. The average Bonchev–Trinajstić information content (AvgIpc) is 3.22. The number of nitrogens with one attached hydrogen (secondary N) is 2. The number of rotatable bonds is 10. The quantitative estimate of drug-likeness (QED) is 0.309. The van der Waals surface area contributed by atoms with E-state index in [0.717, 1.165) is 36.4 Å². The molecular formula is C30H34N4O3. The number of nitrogens with zero attached hydrogens (tertiary/aromatic N) is 2. The van der Waals surface area contributed by atoms with Gasteiger partial charge in [-0.3, -0.25) is 4.79 Å². The number of carbonyl (C=O) groups excluding carboxylic acids is 2. The molecule has 0 saturated carbocycles. The summed E-state index contributed by atoms with van der Waals surface area (Å²) in [6, 6.07) is 23.2. The Kier molecular flexibility index (Phi) is 8.38. The molecule has 37 heavy (non-hydrogen) atoms. The maximum atomic E-state index is 13.2. The van der Waals surface area contributed by atoms with Gasteiger partial charge in [0.25, 0.3) is 5.91 Å². The number of ether oxygens (including phenoxy) is 1. The fourth-order valence-corrected chi connectivity index (χ4v) is 4.25. The lowest BCUT2D eigenvalue weighted by Gasteiger charge is -2.20. The SMILES string of the molecule is CCOC(=O)c1ccc2c(c1)NC(=O)/C2=C(\Nc1ccc(CN(C)CCN(C)C)cc1)c1ccccc1. The molecule has 0 fully saturated rings. The van der Waals surface area contributed by atoms with Crippen LogP contribution in [0.4, 0.5) is 11.4 Å². The van der Waals surface area contributed by atoms with Crippen LogP contribution in [0.2, 0.25) is 0 Å². The van der Waals surface area contributed by atoms with E-state index in [1.165, 1.54) is 5.56 Å². The molecule has 1 aliphatic rings. The highest BCUT2D eigenvalue weighted by atomic mass is 16.5. The Labute approximate surface area is 218 Å². The van der Waals surface area contributed by atoms with Crippen LogP contribution >= 0.6 is 0 Å². The van der Waals surface area contributed by atoms with Crippen molar-refractivity contribution in [3.8, 4) is 0 Å². The number of likely N-dealkylation sites (N-methyl/N-ethyl adjacent to an activating group) is 2. The molecule has 4 rings (SSSR count). The van der Waals surface area contributed by atoms with Crippen molar-refractivity contribution >= 4 is 34.5 Å². The van der Waals surface area contributed by atoms with Crippen molar-refractivity contribution in [1.82, 2.24) is 9.80 Å². The first kappa shape index (κ1) is 26.1. The van der Waals surface area contributed by atoms with Crippen LogP contribution in [-0.4, -0.2) is 62.5 Å². The van der Waals surface area contributed by atoms with Crippen molar-refractivity contribution in [3.05, 3.63) is 95.1 Å². The Morgan fingerprint density at radius 2 is 1.65 bits per heavy atom. The van der Waals surface area contributed by atoms with Crippen LogP contribution in [0.15, 0.2) is 72.8 Å². The maximum absolute atomic E-state index is 13.2. The lowest BCUT2D eigenvalue weighted by Crippen LogP contribution is -2.28. The van der Waals surface area contributed by atoms with Gasteiger partial charge in [0.1, 0.15) is 0 Å². The van der Waals surface area contributed by atoms with Gasteiger partial charge in [0, 0.05) is 30.9 Å². The molecule has 0 bridgehead atoms. The molecule has 1 amide bonds. The zero-order valence-corrected chi connectivity index (χ0v) is 21.9. The number of amides is 1. The van der Waals surface area contributed by atoms with Crippen LogP contribution in [-0.2, 0) is 16.1 Å². The first-order chi connectivity index (χ1) is 17.9. The Bertz CT molecular complexity index is 1280. The predicted octanol–water partition coefficient (Wildman–Crippen LogP) is 4.79. The van der Waals surface area contributed by atoms with E-state index in [0.29, 0.717) is 29.1 Å². The van der Waals surface area contributed by atoms with Gasteiger partial charge in [-0.1, -0.05) is 48.5 Å². The molecule has 0 radical (unpaired) electrons. The largest absolute Gasteiger partial charge is 0.462 e. The van der Waals surface area contributed by atoms with E-state index in [9.17, 15) is 9.59 Å². The van der Waals surface area contributed by atoms with Crippen molar-refractivity contribution in [1.29, 1.82) is 0 Å². The Balaban J connectivity index is 1.64. The van der Waals surface area contributed by atoms with E-state index in [4.69, 9.17) is 4.74 Å². The first-order valence-electron chi connectivity index (χ1n) is 12.5. The summed E-state index contributed by atoms with van der Waals surface area (Å²) in [4.78, 5) is 29.9. The molecule has 0 spiro atoms. The summed E-state index contributed by atoms with van der Waals surface area (Å²) in [6.07, 6.45) is 0. The number of fused-ring (bicyclic) bond motifs is 1. The first-order valence-corrected chi connectivity index (χ1v) is 12.5. The molecule has 192 valence electrons. The molecule has 0 aromatic heterocycles.